The molecular formula is C125H138B2N4S. The van der Waals surface area contributed by atoms with E-state index in [4.69, 9.17) is 0 Å². The third-order valence-corrected chi connectivity index (χ3v) is 38.9. The lowest BCUT2D eigenvalue weighted by atomic mass is 9.42. The summed E-state index contributed by atoms with van der Waals surface area (Å²) >= 11 is 2.01. The van der Waals surface area contributed by atoms with E-state index in [1.807, 2.05) is 11.3 Å². The van der Waals surface area contributed by atoms with Crippen LogP contribution >= 0.6 is 11.3 Å². The highest BCUT2D eigenvalue weighted by molar-refractivity contribution is 7.26. The van der Waals surface area contributed by atoms with Crippen LogP contribution in [0.4, 0.5) is 56.9 Å². The van der Waals surface area contributed by atoms with Gasteiger partial charge in [-0.25, -0.2) is 0 Å². The van der Waals surface area contributed by atoms with E-state index >= 15 is 0 Å². The van der Waals surface area contributed by atoms with Crippen molar-refractivity contribution < 1.29 is 0 Å². The van der Waals surface area contributed by atoms with Crippen molar-refractivity contribution in [3.63, 3.8) is 0 Å². The van der Waals surface area contributed by atoms with Crippen molar-refractivity contribution in [2.24, 2.45) is 0 Å². The maximum absolute atomic E-state index is 2.91. The molecule has 24 rings (SSSR count). The van der Waals surface area contributed by atoms with Gasteiger partial charge in [-0.05, 0) is 392 Å². The zero-order valence-electron chi connectivity index (χ0n) is 84.2. The molecule has 13 aromatic rings. The van der Waals surface area contributed by atoms with Crippen LogP contribution in [0.25, 0.3) is 53.6 Å². The molecule has 11 aliphatic rings. The average molecular weight is 1750 g/mol. The lowest BCUT2D eigenvalue weighted by Gasteiger charge is -2.50. The Bertz CT molecular complexity index is 7250. The number of anilines is 10. The summed E-state index contributed by atoms with van der Waals surface area (Å²) in [5.74, 6) is 0. The summed E-state index contributed by atoms with van der Waals surface area (Å²) in [5.41, 5.74) is 50.2. The maximum atomic E-state index is 2.91. The second-order valence-electron chi connectivity index (χ2n) is 51.7. The highest BCUT2D eigenvalue weighted by atomic mass is 32.1. The topological polar surface area (TPSA) is 13.0 Å². The molecule has 0 spiro atoms. The maximum Gasteiger partial charge on any atom is 0.333 e. The van der Waals surface area contributed by atoms with Gasteiger partial charge in [0, 0.05) is 93.6 Å². The smallest absolute Gasteiger partial charge is 0.333 e. The zero-order valence-corrected chi connectivity index (χ0v) is 85.0. The predicted molar refractivity (Wildman–Crippen MR) is 570 cm³/mol. The molecule has 1 atom stereocenters. The molecule has 0 amide bonds. The fourth-order valence-corrected chi connectivity index (χ4v) is 29.7. The Morgan fingerprint density at radius 2 is 0.682 bits per heavy atom. The molecule has 7 aliphatic carbocycles. The second kappa shape index (κ2) is 27.3. The molecule has 4 aliphatic heterocycles. The molecule has 0 saturated carbocycles. The highest BCUT2D eigenvalue weighted by Gasteiger charge is 2.55. The van der Waals surface area contributed by atoms with Gasteiger partial charge in [-0.1, -0.05) is 270 Å². The summed E-state index contributed by atoms with van der Waals surface area (Å²) in [6, 6.07) is 82.2. The van der Waals surface area contributed by atoms with Gasteiger partial charge in [0.2, 0.25) is 0 Å². The van der Waals surface area contributed by atoms with Gasteiger partial charge in [0.05, 0.1) is 0 Å². The molecule has 0 N–H and O–H groups in total. The van der Waals surface area contributed by atoms with Crippen LogP contribution in [0.3, 0.4) is 0 Å². The first-order valence-electron chi connectivity index (χ1n) is 50.8. The van der Waals surface area contributed by atoms with Gasteiger partial charge in [-0.3, -0.25) is 0 Å². The molecule has 4 nitrogen and oxygen atoms in total. The van der Waals surface area contributed by atoms with Crippen LogP contribution in [-0.4, -0.2) is 13.7 Å². The van der Waals surface area contributed by atoms with Crippen LogP contribution in [-0.2, 0) is 76.8 Å². The highest BCUT2D eigenvalue weighted by Crippen LogP contribution is 2.63. The number of fused-ring (bicyclic) bond motifs is 21. The molecule has 670 valence electrons. The van der Waals surface area contributed by atoms with E-state index in [1.54, 1.807) is 0 Å². The summed E-state index contributed by atoms with van der Waals surface area (Å²) in [6.45, 7) is 65.4. The predicted octanol–water partition coefficient (Wildman–Crippen LogP) is 31.8. The molecule has 0 fully saturated rings. The van der Waals surface area contributed by atoms with E-state index in [0.29, 0.717) is 0 Å². The first kappa shape index (κ1) is 85.1. The third kappa shape index (κ3) is 12.0. The van der Waals surface area contributed by atoms with Crippen molar-refractivity contribution in [3.05, 3.63) is 283 Å². The molecule has 12 aromatic carbocycles. The average Bonchev–Trinajstić information content (AvgIpc) is 0.908. The Morgan fingerprint density at radius 1 is 0.273 bits per heavy atom. The van der Waals surface area contributed by atoms with E-state index in [0.717, 1.165) is 70.6 Å². The number of hydrogen-bond acceptors (Lipinski definition) is 5. The first-order chi connectivity index (χ1) is 62.1. The second-order valence-corrected chi connectivity index (χ2v) is 52.7. The Kier molecular flexibility index (Phi) is 17.6. The normalized spacial score (nSPS) is 22.2. The van der Waals surface area contributed by atoms with Crippen LogP contribution in [0.2, 0.25) is 0 Å². The lowest BCUT2D eigenvalue weighted by Crippen LogP contribution is -2.62. The van der Waals surface area contributed by atoms with Crippen LogP contribution in [0, 0.1) is 6.92 Å². The Hall–Kier alpha value is -9.81. The Labute approximate surface area is 794 Å². The number of aryl methyl sites for hydroxylation is 2. The van der Waals surface area contributed by atoms with E-state index in [-0.39, 0.29) is 84.1 Å². The van der Waals surface area contributed by atoms with Gasteiger partial charge in [0.15, 0.2) is 0 Å². The molecule has 0 saturated heterocycles. The van der Waals surface area contributed by atoms with E-state index in [2.05, 4.69) is 394 Å². The number of thiophene rings is 1. The van der Waals surface area contributed by atoms with E-state index in [9.17, 15) is 0 Å². The first-order valence-corrected chi connectivity index (χ1v) is 51.6. The summed E-state index contributed by atoms with van der Waals surface area (Å²) in [6.07, 6.45) is 15.7. The van der Waals surface area contributed by atoms with Gasteiger partial charge >= 0.3 is 13.7 Å². The van der Waals surface area contributed by atoms with Gasteiger partial charge < -0.3 is 19.4 Å². The number of rotatable bonds is 7. The van der Waals surface area contributed by atoms with Gasteiger partial charge in [-0.15, -0.1) is 11.3 Å². The summed E-state index contributed by atoms with van der Waals surface area (Å²) < 4.78 is 2.73. The molecule has 1 unspecified atom stereocenters. The van der Waals surface area contributed by atoms with Crippen LogP contribution in [0.1, 0.15) is 346 Å². The van der Waals surface area contributed by atoms with Crippen molar-refractivity contribution >= 4 is 124 Å². The van der Waals surface area contributed by atoms with Gasteiger partial charge in [0.1, 0.15) is 0 Å². The van der Waals surface area contributed by atoms with Crippen molar-refractivity contribution in [2.75, 3.05) is 19.4 Å². The van der Waals surface area contributed by atoms with Gasteiger partial charge in [-0.2, -0.15) is 0 Å². The third-order valence-electron chi connectivity index (χ3n) is 37.7. The van der Waals surface area contributed by atoms with Crippen LogP contribution < -0.4 is 41.3 Å². The number of hydrogen-bond donors (Lipinski definition) is 0. The minimum atomic E-state index is -0.198. The Morgan fingerprint density at radius 3 is 1.20 bits per heavy atom. The molecule has 1 aromatic heterocycles. The number of nitrogens with zero attached hydrogens (tertiary/aromatic N) is 4. The zero-order chi connectivity index (χ0) is 92.3. The van der Waals surface area contributed by atoms with Crippen LogP contribution in [0.5, 0.6) is 0 Å². The quantitative estimate of drug-likeness (QED) is 0.147. The van der Waals surface area contributed by atoms with Crippen molar-refractivity contribution in [1.29, 1.82) is 0 Å². The molecule has 5 heterocycles. The summed E-state index contributed by atoms with van der Waals surface area (Å²) in [5, 5.41) is 2.70. The molecular weight excluding hydrogens is 1610 g/mol. The fraction of sp³-hybridized carbons (Fsp3) is 0.424. The molecule has 7 heteroatoms. The van der Waals surface area contributed by atoms with Crippen molar-refractivity contribution in [1.82, 2.24) is 0 Å². The molecule has 0 bridgehead atoms. The van der Waals surface area contributed by atoms with Crippen molar-refractivity contribution in [3.8, 4) is 33.4 Å². The lowest BCUT2D eigenvalue weighted by molar-refractivity contribution is 0.297. The Balaban J connectivity index is 0.718. The van der Waals surface area contributed by atoms with E-state index < -0.39 is 0 Å². The minimum absolute atomic E-state index is 0.00343. The fourth-order valence-electron chi connectivity index (χ4n) is 28.4. The van der Waals surface area contributed by atoms with E-state index in [1.165, 1.54) is 241 Å². The van der Waals surface area contributed by atoms with Crippen LogP contribution in [0.15, 0.2) is 194 Å². The monoisotopic (exact) mass is 1750 g/mol. The summed E-state index contributed by atoms with van der Waals surface area (Å²) in [7, 11) is 0. The minimum Gasteiger partial charge on any atom is -0.376 e. The SMILES string of the molecule is Cc1cc2c3c(c1)N(c1ccc4c(c1)C(C)(C)CCC4(C)C)c1cc4c(cc1B3N(c1ccc3c(c1)C(C)(C)CCC3(C)CCc1cc3c5c(c1)N(c1ccc6c(c1)C(C)(C)CCC6(C)C)c1cc6c(cc1B5N(c1ccc5c(c1)C(C)(C)CCC5(C)C)c1ccc5c(sc7ccccc75)c1-3)C(C)(C)CCC6(C)C)c1cc3c(cc1-2)C(C)(C)c1ccccc1-3)C(C)(C)CCC4(C)C. The standard InChI is InChI=1S/C125H138B2N4S/c1-73-59-84-83-67-91-82(79-31-27-29-33-86(79)124(91,24)25)68-103(83)131(126-100-69-96-98(121(18,19)55-53-119(96,14)15)71-104(100)128(106(60-73)110(84)126)75-35-40-87-92(63-75)116(8,9)50-47-113(87,2)3)78-38-43-90-95(66-78)123(22,23)57-58-125(90,26)46-45-74-61-85-109-102(44-39-81-80-32-28-30-34-108(80)132-112(81)109)130(77-37-42-89-94(65-77)118(12,13)52-49-115(89,6)7)127-101-70-97-99(122(20,21)56-54-120(97,16)17)72-105(101)129(107(62-74)111(85)127)76-36-41-88-93(64-76)117(10,11)51-48-114(88,4)5/h27-44,59-72H,45-58H2,1-26H3. The largest absolute Gasteiger partial charge is 0.376 e. The number of benzene rings is 12. The molecule has 0 radical (unpaired) electrons. The van der Waals surface area contributed by atoms with Gasteiger partial charge in [0.25, 0.3) is 0 Å². The van der Waals surface area contributed by atoms with Crippen molar-refractivity contribution in [2.45, 2.75) is 340 Å². The molecule has 132 heavy (non-hydrogen) atoms. The summed E-state index contributed by atoms with van der Waals surface area (Å²) in [4.78, 5) is 11.4.